The molecule has 1 aliphatic heterocycles. The molecular formula is C29H35N5O4S2. The fraction of sp³-hybridized carbons (Fsp3) is 0.448. The quantitative estimate of drug-likeness (QED) is 0.321. The number of carbonyl (C=O) groups is 1. The lowest BCUT2D eigenvalue weighted by molar-refractivity contribution is -0.147. The van der Waals surface area contributed by atoms with Crippen molar-refractivity contribution in [2.75, 3.05) is 6.54 Å². The second kappa shape index (κ2) is 10.4. The predicted octanol–water partition coefficient (Wildman–Crippen LogP) is 5.15. The van der Waals surface area contributed by atoms with E-state index in [9.17, 15) is 18.3 Å². The highest BCUT2D eigenvalue weighted by molar-refractivity contribution is 7.89. The Morgan fingerprint density at radius 3 is 2.70 bits per heavy atom. The average Bonchev–Trinajstić information content (AvgIpc) is 3.46. The summed E-state index contributed by atoms with van der Waals surface area (Å²) < 4.78 is 30.7. The number of sulfonamides is 1. The molecule has 5 rings (SSSR count). The minimum absolute atomic E-state index is 0.106. The molecule has 0 radical (unpaired) electrons. The number of nitrogens with zero attached hydrogens (tertiary/aromatic N) is 5. The van der Waals surface area contributed by atoms with E-state index >= 15 is 0 Å². The van der Waals surface area contributed by atoms with Crippen LogP contribution < -0.4 is 0 Å². The van der Waals surface area contributed by atoms with Crippen LogP contribution in [0.3, 0.4) is 0 Å². The summed E-state index contributed by atoms with van der Waals surface area (Å²) in [5.41, 5.74) is 3.80. The van der Waals surface area contributed by atoms with Crippen molar-refractivity contribution in [3.05, 3.63) is 68.7 Å². The monoisotopic (exact) mass is 581 g/mol. The second-order valence-corrected chi connectivity index (χ2v) is 14.5. The van der Waals surface area contributed by atoms with Gasteiger partial charge < -0.3 is 5.11 Å². The summed E-state index contributed by atoms with van der Waals surface area (Å²) in [6.07, 6.45) is 2.23. The molecule has 1 aliphatic rings. The van der Waals surface area contributed by atoms with E-state index in [1.54, 1.807) is 36.5 Å². The summed E-state index contributed by atoms with van der Waals surface area (Å²) in [6.45, 7) is 12.8. The fourth-order valence-electron chi connectivity index (χ4n) is 5.73. The predicted molar refractivity (Wildman–Crippen MR) is 155 cm³/mol. The van der Waals surface area contributed by atoms with E-state index in [1.165, 1.54) is 11.3 Å². The Labute approximate surface area is 238 Å². The molecule has 9 nitrogen and oxygen atoms in total. The van der Waals surface area contributed by atoms with Crippen LogP contribution >= 0.6 is 11.3 Å². The highest BCUT2D eigenvalue weighted by atomic mass is 32.2. The Balaban J connectivity index is 1.59. The van der Waals surface area contributed by atoms with Gasteiger partial charge in [0.05, 0.1) is 16.6 Å². The zero-order valence-corrected chi connectivity index (χ0v) is 25.3. The van der Waals surface area contributed by atoms with Crippen LogP contribution in [0.25, 0.3) is 11.0 Å². The maximum absolute atomic E-state index is 13.7. The fourth-order valence-corrected chi connectivity index (χ4v) is 8.80. The van der Waals surface area contributed by atoms with Crippen LogP contribution in [0.4, 0.5) is 0 Å². The molecule has 1 N–H and O–H groups in total. The summed E-state index contributed by atoms with van der Waals surface area (Å²) in [7, 11) is -3.74. The van der Waals surface area contributed by atoms with Crippen LogP contribution in [0.1, 0.15) is 65.8 Å². The molecule has 0 saturated heterocycles. The number of pyridine rings is 1. The second-order valence-electron chi connectivity index (χ2n) is 11.3. The zero-order chi connectivity index (χ0) is 29.0. The first-order chi connectivity index (χ1) is 18.9. The number of benzene rings is 1. The molecule has 0 fully saturated rings. The first-order valence-electron chi connectivity index (χ1n) is 13.5. The number of thiophene rings is 1. The number of carboxylic acid groups (broad SMARTS) is 1. The van der Waals surface area contributed by atoms with Gasteiger partial charge in [0, 0.05) is 41.5 Å². The standard InChI is InChI=1S/C29H35N5O4S2/c1-7-34-23-11-10-21(18(3)27(23)31-32-34)26(29(5,6)28(35)36)24-14-20(19(4)39-24)16-33-15-17(2)13-22-25(40(33,37)38)9-8-12-30-22/h8-12,14,17,26H,7,13,15-16H2,1-6H3,(H,35,36)/t17-,26?/m1/s1. The highest BCUT2D eigenvalue weighted by Crippen LogP contribution is 2.47. The molecule has 1 unspecified atom stereocenters. The van der Waals surface area contributed by atoms with Crippen LogP contribution in [0.15, 0.2) is 41.4 Å². The van der Waals surface area contributed by atoms with Crippen LogP contribution in [0.2, 0.25) is 0 Å². The van der Waals surface area contributed by atoms with Gasteiger partial charge >= 0.3 is 5.97 Å². The third-order valence-electron chi connectivity index (χ3n) is 8.06. The van der Waals surface area contributed by atoms with Crippen molar-refractivity contribution >= 4 is 38.4 Å². The third-order valence-corrected chi connectivity index (χ3v) is 11.1. The number of aryl methyl sites for hydroxylation is 3. The Kier molecular flexibility index (Phi) is 7.35. The van der Waals surface area contributed by atoms with Gasteiger partial charge in [0.2, 0.25) is 10.0 Å². The van der Waals surface area contributed by atoms with Gasteiger partial charge in [0.25, 0.3) is 0 Å². The van der Waals surface area contributed by atoms with E-state index in [2.05, 4.69) is 15.3 Å². The number of fused-ring (bicyclic) bond motifs is 2. The minimum Gasteiger partial charge on any atom is -0.481 e. The molecule has 4 aromatic rings. The third kappa shape index (κ3) is 4.73. The van der Waals surface area contributed by atoms with E-state index in [1.807, 2.05) is 50.6 Å². The van der Waals surface area contributed by atoms with Crippen molar-refractivity contribution in [2.24, 2.45) is 11.3 Å². The molecule has 0 saturated carbocycles. The summed E-state index contributed by atoms with van der Waals surface area (Å²) >= 11 is 1.53. The van der Waals surface area contributed by atoms with Crippen LogP contribution in [0, 0.1) is 25.2 Å². The first kappa shape index (κ1) is 28.4. The smallest absolute Gasteiger partial charge is 0.310 e. The topological polar surface area (TPSA) is 118 Å². The van der Waals surface area contributed by atoms with Gasteiger partial charge in [-0.25, -0.2) is 13.1 Å². The molecule has 0 amide bonds. The lowest BCUT2D eigenvalue weighted by Crippen LogP contribution is -2.33. The molecule has 2 atom stereocenters. The van der Waals surface area contributed by atoms with Gasteiger partial charge in [-0.2, -0.15) is 4.31 Å². The van der Waals surface area contributed by atoms with E-state index in [0.717, 1.165) is 37.5 Å². The first-order valence-corrected chi connectivity index (χ1v) is 15.7. The number of carboxylic acids is 1. The molecule has 11 heteroatoms. The van der Waals surface area contributed by atoms with Gasteiger partial charge in [-0.1, -0.05) is 18.2 Å². The number of aromatic nitrogens is 4. The van der Waals surface area contributed by atoms with E-state index < -0.39 is 27.3 Å². The molecule has 4 heterocycles. The molecular weight excluding hydrogens is 546 g/mol. The largest absolute Gasteiger partial charge is 0.481 e. The van der Waals surface area contributed by atoms with E-state index in [-0.39, 0.29) is 17.4 Å². The molecule has 0 bridgehead atoms. The van der Waals surface area contributed by atoms with Gasteiger partial charge in [0.1, 0.15) is 10.4 Å². The Hall–Kier alpha value is -3.15. The highest BCUT2D eigenvalue weighted by Gasteiger charge is 2.41. The van der Waals surface area contributed by atoms with Gasteiger partial charge in [-0.05, 0) is 87.9 Å². The number of aliphatic carboxylic acids is 1. The molecule has 0 spiro atoms. The Morgan fingerprint density at radius 2 is 2.00 bits per heavy atom. The summed E-state index contributed by atoms with van der Waals surface area (Å²) in [6, 6.07) is 9.24. The normalized spacial score (nSPS) is 18.4. The lowest BCUT2D eigenvalue weighted by atomic mass is 9.72. The Morgan fingerprint density at radius 1 is 1.25 bits per heavy atom. The van der Waals surface area contributed by atoms with Crippen LogP contribution in [0.5, 0.6) is 0 Å². The van der Waals surface area contributed by atoms with Crippen molar-refractivity contribution in [3.63, 3.8) is 0 Å². The number of hydrogen-bond acceptors (Lipinski definition) is 7. The molecule has 40 heavy (non-hydrogen) atoms. The number of rotatable bonds is 7. The maximum atomic E-state index is 13.7. The average molecular weight is 582 g/mol. The van der Waals surface area contributed by atoms with Gasteiger partial charge in [-0.3, -0.25) is 9.78 Å². The van der Waals surface area contributed by atoms with Crippen molar-refractivity contribution < 1.29 is 18.3 Å². The van der Waals surface area contributed by atoms with Crippen molar-refractivity contribution in [3.8, 4) is 0 Å². The number of hydrogen-bond donors (Lipinski definition) is 1. The van der Waals surface area contributed by atoms with Crippen molar-refractivity contribution in [1.82, 2.24) is 24.3 Å². The van der Waals surface area contributed by atoms with Crippen LogP contribution in [-0.2, 0) is 34.3 Å². The lowest BCUT2D eigenvalue weighted by Gasteiger charge is -2.31. The maximum Gasteiger partial charge on any atom is 0.310 e. The molecule has 3 aromatic heterocycles. The Bertz CT molecular complexity index is 1710. The zero-order valence-electron chi connectivity index (χ0n) is 23.7. The minimum atomic E-state index is -3.74. The molecule has 1 aromatic carbocycles. The van der Waals surface area contributed by atoms with Crippen molar-refractivity contribution in [2.45, 2.75) is 71.9 Å². The summed E-state index contributed by atoms with van der Waals surface area (Å²) in [5.74, 6) is -1.27. The summed E-state index contributed by atoms with van der Waals surface area (Å²) in [4.78, 5) is 19.1. The van der Waals surface area contributed by atoms with Gasteiger partial charge in [-0.15, -0.1) is 16.4 Å². The van der Waals surface area contributed by atoms with E-state index in [4.69, 9.17) is 0 Å². The summed E-state index contributed by atoms with van der Waals surface area (Å²) in [5, 5.41) is 19.0. The molecule has 0 aliphatic carbocycles. The van der Waals surface area contributed by atoms with Crippen LogP contribution in [-0.4, -0.2) is 50.3 Å². The van der Waals surface area contributed by atoms with Gasteiger partial charge in [0.15, 0.2) is 0 Å². The van der Waals surface area contributed by atoms with Crippen molar-refractivity contribution in [1.29, 1.82) is 0 Å². The molecule has 212 valence electrons. The SMILES string of the molecule is CCn1nnc2c(C)c(C(c3cc(CN4C[C@H](C)Cc5ncccc5S4(=O)=O)c(C)s3)C(C)(C)C(=O)O)ccc21. The van der Waals surface area contributed by atoms with E-state index in [0.29, 0.717) is 25.2 Å².